The number of amides is 1. The number of hydrogen-bond acceptors (Lipinski definition) is 4. The molecule has 1 aliphatic heterocycles. The monoisotopic (exact) mass is 286 g/mol. The number of ether oxygens (including phenoxy) is 1. The highest BCUT2D eigenvalue weighted by Crippen LogP contribution is 2.20. The molecule has 0 radical (unpaired) electrons. The van der Waals surface area contributed by atoms with E-state index < -0.39 is 0 Å². The van der Waals surface area contributed by atoms with Crippen molar-refractivity contribution in [2.45, 2.75) is 19.9 Å². The van der Waals surface area contributed by atoms with E-state index in [4.69, 9.17) is 4.74 Å². The number of nitrogens with one attached hydrogen (secondary N) is 3. The van der Waals surface area contributed by atoms with E-state index in [1.54, 1.807) is 6.07 Å². The average molecular weight is 286 g/mol. The lowest BCUT2D eigenvalue weighted by atomic mass is 10.1. The van der Waals surface area contributed by atoms with E-state index in [1.165, 1.54) is 0 Å². The molecule has 3 N–H and O–H groups in total. The molecule has 0 fully saturated rings. The smallest absolute Gasteiger partial charge is 0.276 e. The summed E-state index contributed by atoms with van der Waals surface area (Å²) in [5.41, 5.74) is 3.16. The Morgan fingerprint density at radius 2 is 2.38 bits per heavy atom. The number of carbonyl (C=O) groups is 1. The molecule has 0 spiro atoms. The molecular weight excluding hydrogens is 268 g/mol. The van der Waals surface area contributed by atoms with Crippen molar-refractivity contribution >= 4 is 11.6 Å². The summed E-state index contributed by atoms with van der Waals surface area (Å²) in [7, 11) is 0. The number of fused-ring (bicyclic) bond motifs is 1. The zero-order chi connectivity index (χ0) is 14.7. The zero-order valence-corrected chi connectivity index (χ0v) is 11.9. The van der Waals surface area contributed by atoms with Crippen molar-refractivity contribution in [1.29, 1.82) is 0 Å². The van der Waals surface area contributed by atoms with Gasteiger partial charge in [-0.1, -0.05) is 6.07 Å². The van der Waals surface area contributed by atoms with Crippen molar-refractivity contribution < 1.29 is 9.53 Å². The SMILES string of the molecule is CCOc1cccc(NC(=O)c2n[nH]c3c2CNCC3)c1. The van der Waals surface area contributed by atoms with Gasteiger partial charge in [0, 0.05) is 42.5 Å². The van der Waals surface area contributed by atoms with E-state index >= 15 is 0 Å². The van der Waals surface area contributed by atoms with Crippen LogP contribution in [0.4, 0.5) is 5.69 Å². The first-order valence-corrected chi connectivity index (χ1v) is 7.09. The molecule has 1 aliphatic rings. The van der Waals surface area contributed by atoms with Gasteiger partial charge < -0.3 is 15.4 Å². The molecule has 110 valence electrons. The van der Waals surface area contributed by atoms with Crippen LogP contribution in [0.15, 0.2) is 24.3 Å². The molecule has 0 aliphatic carbocycles. The number of hydrogen-bond donors (Lipinski definition) is 3. The lowest BCUT2D eigenvalue weighted by Crippen LogP contribution is -2.25. The van der Waals surface area contributed by atoms with Gasteiger partial charge in [-0.15, -0.1) is 0 Å². The molecule has 2 heterocycles. The number of aromatic nitrogens is 2. The van der Waals surface area contributed by atoms with Crippen LogP contribution in [-0.4, -0.2) is 29.3 Å². The zero-order valence-electron chi connectivity index (χ0n) is 11.9. The topological polar surface area (TPSA) is 79.0 Å². The van der Waals surface area contributed by atoms with Crippen LogP contribution in [0.2, 0.25) is 0 Å². The summed E-state index contributed by atoms with van der Waals surface area (Å²) in [6.07, 6.45) is 0.870. The molecule has 0 saturated carbocycles. The Kier molecular flexibility index (Phi) is 3.87. The van der Waals surface area contributed by atoms with Crippen molar-refractivity contribution in [2.75, 3.05) is 18.5 Å². The molecule has 0 saturated heterocycles. The molecule has 2 aromatic rings. The molecule has 6 heteroatoms. The Bertz CT molecular complexity index is 651. The Hall–Kier alpha value is -2.34. The van der Waals surface area contributed by atoms with Crippen molar-refractivity contribution in [2.24, 2.45) is 0 Å². The molecule has 6 nitrogen and oxygen atoms in total. The fourth-order valence-corrected chi connectivity index (χ4v) is 2.43. The number of carbonyl (C=O) groups excluding carboxylic acids is 1. The molecular formula is C15H18N4O2. The van der Waals surface area contributed by atoms with Gasteiger partial charge in [-0.3, -0.25) is 9.89 Å². The normalized spacial score (nSPS) is 13.6. The molecule has 0 atom stereocenters. The van der Waals surface area contributed by atoms with Gasteiger partial charge in [0.25, 0.3) is 5.91 Å². The summed E-state index contributed by atoms with van der Waals surface area (Å²) in [6, 6.07) is 7.35. The summed E-state index contributed by atoms with van der Waals surface area (Å²) in [5.74, 6) is 0.533. The fraction of sp³-hybridized carbons (Fsp3) is 0.333. The molecule has 1 aromatic carbocycles. The predicted octanol–water partition coefficient (Wildman–Crippen LogP) is 1.71. The third-order valence-electron chi connectivity index (χ3n) is 3.42. The van der Waals surface area contributed by atoms with Gasteiger partial charge in [0.05, 0.1) is 6.61 Å². The van der Waals surface area contributed by atoms with Gasteiger partial charge in [0.15, 0.2) is 5.69 Å². The van der Waals surface area contributed by atoms with Gasteiger partial charge in [0.1, 0.15) is 5.75 Å². The maximum atomic E-state index is 12.4. The molecule has 1 amide bonds. The highest BCUT2D eigenvalue weighted by atomic mass is 16.5. The van der Waals surface area contributed by atoms with Crippen LogP contribution < -0.4 is 15.4 Å². The molecule has 21 heavy (non-hydrogen) atoms. The van der Waals surface area contributed by atoms with Crippen molar-refractivity contribution in [3.8, 4) is 5.75 Å². The Labute approximate surface area is 122 Å². The Morgan fingerprint density at radius 3 is 3.24 bits per heavy atom. The van der Waals surface area contributed by atoms with Crippen LogP contribution in [0.25, 0.3) is 0 Å². The first-order chi connectivity index (χ1) is 10.3. The number of rotatable bonds is 4. The van der Waals surface area contributed by atoms with E-state index in [1.807, 2.05) is 25.1 Å². The van der Waals surface area contributed by atoms with Crippen LogP contribution in [-0.2, 0) is 13.0 Å². The van der Waals surface area contributed by atoms with Crippen LogP contribution >= 0.6 is 0 Å². The fourth-order valence-electron chi connectivity index (χ4n) is 2.43. The highest BCUT2D eigenvalue weighted by molar-refractivity contribution is 6.04. The van der Waals surface area contributed by atoms with E-state index in [-0.39, 0.29) is 5.91 Å². The van der Waals surface area contributed by atoms with Crippen LogP contribution in [0, 0.1) is 0 Å². The molecule has 1 aromatic heterocycles. The average Bonchev–Trinajstić information content (AvgIpc) is 2.92. The number of anilines is 1. The highest BCUT2D eigenvalue weighted by Gasteiger charge is 2.21. The van der Waals surface area contributed by atoms with Crippen molar-refractivity contribution in [1.82, 2.24) is 15.5 Å². The van der Waals surface area contributed by atoms with Crippen LogP contribution in [0.5, 0.6) is 5.75 Å². The number of H-pyrrole nitrogens is 1. The van der Waals surface area contributed by atoms with E-state index in [0.29, 0.717) is 24.5 Å². The summed E-state index contributed by atoms with van der Waals surface area (Å²) in [6.45, 7) is 4.10. The molecule has 0 unspecified atom stereocenters. The lowest BCUT2D eigenvalue weighted by Gasteiger charge is -2.13. The van der Waals surface area contributed by atoms with E-state index in [2.05, 4.69) is 20.8 Å². The molecule has 0 bridgehead atoms. The second kappa shape index (κ2) is 5.97. The minimum Gasteiger partial charge on any atom is -0.494 e. The summed E-state index contributed by atoms with van der Waals surface area (Å²) in [4.78, 5) is 12.4. The first-order valence-electron chi connectivity index (χ1n) is 7.09. The second-order valence-corrected chi connectivity index (χ2v) is 4.87. The lowest BCUT2D eigenvalue weighted by molar-refractivity contribution is 0.102. The second-order valence-electron chi connectivity index (χ2n) is 4.87. The van der Waals surface area contributed by atoms with Gasteiger partial charge >= 0.3 is 0 Å². The van der Waals surface area contributed by atoms with E-state index in [0.717, 1.165) is 30.0 Å². The van der Waals surface area contributed by atoms with Gasteiger partial charge in [0.2, 0.25) is 0 Å². The van der Waals surface area contributed by atoms with Crippen LogP contribution in [0.1, 0.15) is 28.7 Å². The van der Waals surface area contributed by atoms with Gasteiger partial charge in [-0.05, 0) is 19.1 Å². The van der Waals surface area contributed by atoms with Gasteiger partial charge in [-0.25, -0.2) is 0 Å². The number of benzene rings is 1. The summed E-state index contributed by atoms with van der Waals surface area (Å²) < 4.78 is 5.43. The van der Waals surface area contributed by atoms with Crippen LogP contribution in [0.3, 0.4) is 0 Å². The first kappa shape index (κ1) is 13.6. The minimum absolute atomic E-state index is 0.204. The van der Waals surface area contributed by atoms with Crippen molar-refractivity contribution in [3.63, 3.8) is 0 Å². The van der Waals surface area contributed by atoms with E-state index in [9.17, 15) is 4.79 Å². The Morgan fingerprint density at radius 1 is 1.48 bits per heavy atom. The largest absolute Gasteiger partial charge is 0.494 e. The van der Waals surface area contributed by atoms with Gasteiger partial charge in [-0.2, -0.15) is 5.10 Å². The quantitative estimate of drug-likeness (QED) is 0.799. The number of aromatic amines is 1. The standard InChI is InChI=1S/C15H18N4O2/c1-2-21-11-5-3-4-10(8-11)17-15(20)14-12-9-16-7-6-13(12)18-19-14/h3-5,8,16H,2,6-7,9H2,1H3,(H,17,20)(H,18,19). The predicted molar refractivity (Wildman–Crippen MR) is 79.6 cm³/mol. The molecule has 3 rings (SSSR count). The third kappa shape index (κ3) is 2.90. The summed E-state index contributed by atoms with van der Waals surface area (Å²) in [5, 5.41) is 13.2. The minimum atomic E-state index is -0.204. The van der Waals surface area contributed by atoms with Crippen molar-refractivity contribution in [3.05, 3.63) is 41.2 Å². The number of nitrogens with zero attached hydrogens (tertiary/aromatic N) is 1. The maximum absolute atomic E-state index is 12.4. The maximum Gasteiger partial charge on any atom is 0.276 e. The third-order valence-corrected chi connectivity index (χ3v) is 3.42. The summed E-state index contributed by atoms with van der Waals surface area (Å²) >= 11 is 0. The Balaban J connectivity index is 1.77.